The van der Waals surface area contributed by atoms with Gasteiger partial charge in [0.15, 0.2) is 0 Å². The number of nitrogens with zero attached hydrogens (tertiary/aromatic N) is 5. The molecule has 228 valence electrons. The molecule has 5 heterocycles. The summed E-state index contributed by atoms with van der Waals surface area (Å²) in [5, 5.41) is 2.58. The van der Waals surface area contributed by atoms with Gasteiger partial charge < -0.3 is 20.1 Å². The summed E-state index contributed by atoms with van der Waals surface area (Å²) in [5.74, 6) is -1.07. The molecule has 2 N–H and O–H groups in total. The molecule has 2 aromatic heterocycles. The number of aromatic nitrogens is 3. The van der Waals surface area contributed by atoms with Gasteiger partial charge in [0.25, 0.3) is 5.91 Å². The molecule has 6 rings (SSSR count). The van der Waals surface area contributed by atoms with Crippen LogP contribution < -0.4 is 20.7 Å². The number of hydrogen-bond acceptors (Lipinski definition) is 7. The summed E-state index contributed by atoms with van der Waals surface area (Å²) < 4.78 is 57.0. The Kier molecular flexibility index (Phi) is 7.39. The summed E-state index contributed by atoms with van der Waals surface area (Å²) in [6.45, 7) is 5.05. The molecule has 3 fully saturated rings. The number of H-pyrrole nitrogens is 1. The lowest BCUT2D eigenvalue weighted by Gasteiger charge is -2.44. The van der Waals surface area contributed by atoms with E-state index in [1.165, 1.54) is 24.5 Å². The van der Waals surface area contributed by atoms with E-state index in [2.05, 4.69) is 30.1 Å². The fourth-order valence-electron chi connectivity index (χ4n) is 6.66. The second-order valence-corrected chi connectivity index (χ2v) is 11.8. The van der Waals surface area contributed by atoms with Crippen molar-refractivity contribution in [2.75, 3.05) is 35.3 Å². The number of fused-ring (bicyclic) bond motifs is 2. The minimum absolute atomic E-state index is 0.0906. The molecule has 0 aliphatic carbocycles. The number of aromatic amines is 1. The first-order chi connectivity index (χ1) is 20.4. The van der Waals surface area contributed by atoms with E-state index >= 15 is 4.39 Å². The Bertz CT molecular complexity index is 1560. The number of carbonyl (C=O) groups is 1. The maximum Gasteiger partial charge on any atom is 0.417 e. The van der Waals surface area contributed by atoms with E-state index in [1.54, 1.807) is 0 Å². The van der Waals surface area contributed by atoms with Crippen molar-refractivity contribution in [2.24, 2.45) is 0 Å². The molecule has 2 bridgehead atoms. The van der Waals surface area contributed by atoms with Crippen LogP contribution in [0.2, 0.25) is 0 Å². The fraction of sp³-hybridized carbons (Fsp3) is 0.467. The van der Waals surface area contributed by atoms with Gasteiger partial charge in [-0.3, -0.25) is 14.5 Å². The summed E-state index contributed by atoms with van der Waals surface area (Å²) >= 11 is 0. The highest BCUT2D eigenvalue weighted by atomic mass is 19.4. The van der Waals surface area contributed by atoms with Gasteiger partial charge >= 0.3 is 6.18 Å². The molecule has 43 heavy (non-hydrogen) atoms. The summed E-state index contributed by atoms with van der Waals surface area (Å²) in [6, 6.07) is 4.06. The Balaban J connectivity index is 1.38. The molecule has 3 aliphatic heterocycles. The molecule has 0 radical (unpaired) electrons. The van der Waals surface area contributed by atoms with Crippen molar-refractivity contribution in [3.05, 3.63) is 64.1 Å². The van der Waals surface area contributed by atoms with Crippen LogP contribution in [0.25, 0.3) is 11.1 Å². The van der Waals surface area contributed by atoms with Crippen molar-refractivity contribution in [3.8, 4) is 11.1 Å². The molecule has 3 aliphatic rings. The lowest BCUT2D eigenvalue weighted by atomic mass is 10.0. The minimum Gasteiger partial charge on any atom is -0.367 e. The van der Waals surface area contributed by atoms with Crippen LogP contribution in [0.4, 0.5) is 34.9 Å². The topological polar surface area (TPSA) is 97.5 Å². The van der Waals surface area contributed by atoms with E-state index in [0.29, 0.717) is 48.4 Å². The standard InChI is InChI=1S/C30H33F4N7O2/c1-16-14-40(15-17(2)39(16)3)26-10-24(31)21(18-11-36-29(37-12-18)41-19-4-5-20(41)7-6-19)8-25(26)38-28(43)22-13-35-27(42)9-23(22)30(32,33)34/h8-13,16-17,19-20H,4-7,14-15H2,1-3H3,(H,35,42)(H,38,43)/t16-,17+,19?,20?. The van der Waals surface area contributed by atoms with Crippen LogP contribution in [-0.2, 0) is 6.18 Å². The molecular formula is C30H33F4N7O2. The number of pyridine rings is 1. The average Bonchev–Trinajstić information content (AvgIpc) is 3.57. The second kappa shape index (κ2) is 10.9. The van der Waals surface area contributed by atoms with Crippen LogP contribution in [0.15, 0.2) is 41.6 Å². The molecule has 1 amide bonds. The maximum atomic E-state index is 15.8. The molecule has 3 aromatic rings. The molecule has 0 unspecified atom stereocenters. The number of piperazine rings is 1. The molecule has 1 aromatic carbocycles. The van der Waals surface area contributed by atoms with Crippen molar-refractivity contribution < 1.29 is 22.4 Å². The molecular weight excluding hydrogens is 566 g/mol. The van der Waals surface area contributed by atoms with E-state index in [-0.39, 0.29) is 23.3 Å². The first kappa shape index (κ1) is 29.1. The van der Waals surface area contributed by atoms with E-state index in [9.17, 15) is 22.8 Å². The number of alkyl halides is 3. The summed E-state index contributed by atoms with van der Waals surface area (Å²) in [7, 11) is 1.99. The highest BCUT2D eigenvalue weighted by Gasteiger charge is 2.41. The second-order valence-electron chi connectivity index (χ2n) is 11.8. The van der Waals surface area contributed by atoms with Gasteiger partial charge in [0.2, 0.25) is 11.5 Å². The number of hydrogen-bond donors (Lipinski definition) is 2. The number of carbonyl (C=O) groups excluding carboxylic acids is 1. The van der Waals surface area contributed by atoms with Crippen molar-refractivity contribution in [1.82, 2.24) is 19.9 Å². The lowest BCUT2D eigenvalue weighted by Crippen LogP contribution is -2.55. The first-order valence-electron chi connectivity index (χ1n) is 14.4. The number of rotatable bonds is 5. The van der Waals surface area contributed by atoms with Crippen LogP contribution in [0.5, 0.6) is 0 Å². The van der Waals surface area contributed by atoms with Gasteiger partial charge in [-0.2, -0.15) is 13.2 Å². The molecule has 13 heteroatoms. The lowest BCUT2D eigenvalue weighted by molar-refractivity contribution is -0.138. The van der Waals surface area contributed by atoms with Crippen LogP contribution >= 0.6 is 0 Å². The Hall–Kier alpha value is -4.00. The Morgan fingerprint density at radius 1 is 1.00 bits per heavy atom. The molecule has 9 nitrogen and oxygen atoms in total. The smallest absolute Gasteiger partial charge is 0.367 e. The first-order valence-corrected chi connectivity index (χ1v) is 14.4. The van der Waals surface area contributed by atoms with Crippen LogP contribution in [-0.4, -0.2) is 70.1 Å². The van der Waals surface area contributed by atoms with Gasteiger partial charge in [-0.1, -0.05) is 0 Å². The third-order valence-electron chi connectivity index (χ3n) is 9.14. The zero-order valence-electron chi connectivity index (χ0n) is 24.1. The van der Waals surface area contributed by atoms with E-state index in [0.717, 1.165) is 31.9 Å². The van der Waals surface area contributed by atoms with Gasteiger partial charge in [-0.25, -0.2) is 14.4 Å². The van der Waals surface area contributed by atoms with Gasteiger partial charge in [0.05, 0.1) is 22.5 Å². The van der Waals surface area contributed by atoms with Crippen molar-refractivity contribution in [1.29, 1.82) is 0 Å². The van der Waals surface area contributed by atoms with Gasteiger partial charge in [-0.05, 0) is 58.7 Å². The molecule has 2 atom stereocenters. The molecule has 0 spiro atoms. The van der Waals surface area contributed by atoms with E-state index < -0.39 is 34.6 Å². The van der Waals surface area contributed by atoms with E-state index in [4.69, 9.17) is 0 Å². The highest BCUT2D eigenvalue weighted by molar-refractivity contribution is 6.07. The molecule has 3 saturated heterocycles. The van der Waals surface area contributed by atoms with Crippen LogP contribution in [0.3, 0.4) is 0 Å². The number of nitrogens with one attached hydrogen (secondary N) is 2. The van der Waals surface area contributed by atoms with Crippen molar-refractivity contribution in [2.45, 2.75) is 69.9 Å². The van der Waals surface area contributed by atoms with Gasteiger partial charge in [0, 0.05) is 73.0 Å². The van der Waals surface area contributed by atoms with Gasteiger partial charge in [0.1, 0.15) is 5.82 Å². The number of benzene rings is 1. The number of halogens is 4. The van der Waals surface area contributed by atoms with Crippen molar-refractivity contribution in [3.63, 3.8) is 0 Å². The monoisotopic (exact) mass is 599 g/mol. The normalized spacial score (nSPS) is 24.1. The Labute approximate surface area is 245 Å². The number of amides is 1. The average molecular weight is 600 g/mol. The maximum absolute atomic E-state index is 15.8. The Morgan fingerprint density at radius 3 is 2.19 bits per heavy atom. The van der Waals surface area contributed by atoms with Crippen molar-refractivity contribution >= 4 is 23.2 Å². The SMILES string of the molecule is C[C@@H]1CN(c2cc(F)c(-c3cnc(N4C5CCC4CC5)nc3)cc2NC(=O)c2c[nH]c(=O)cc2C(F)(F)F)C[C@H](C)N1C. The molecule has 0 saturated carbocycles. The highest BCUT2D eigenvalue weighted by Crippen LogP contribution is 2.40. The number of likely N-dealkylation sites (N-methyl/N-ethyl adjacent to an activating group) is 1. The van der Waals surface area contributed by atoms with Crippen LogP contribution in [0.1, 0.15) is 55.5 Å². The fourth-order valence-corrected chi connectivity index (χ4v) is 6.66. The quantitative estimate of drug-likeness (QED) is 0.403. The minimum atomic E-state index is -4.94. The largest absolute Gasteiger partial charge is 0.417 e. The Morgan fingerprint density at radius 2 is 1.60 bits per heavy atom. The summed E-state index contributed by atoms with van der Waals surface area (Å²) in [5.41, 5.74) is -2.16. The zero-order valence-corrected chi connectivity index (χ0v) is 24.1. The predicted molar refractivity (Wildman–Crippen MR) is 155 cm³/mol. The van der Waals surface area contributed by atoms with Gasteiger partial charge in [-0.15, -0.1) is 0 Å². The zero-order chi connectivity index (χ0) is 30.6. The van der Waals surface area contributed by atoms with Crippen LogP contribution in [0, 0.1) is 5.82 Å². The number of anilines is 3. The third kappa shape index (κ3) is 5.46. The third-order valence-corrected chi connectivity index (χ3v) is 9.14. The van der Waals surface area contributed by atoms with E-state index in [1.807, 2.05) is 25.8 Å². The summed E-state index contributed by atoms with van der Waals surface area (Å²) in [6.07, 6.45) is 3.28. The summed E-state index contributed by atoms with van der Waals surface area (Å²) in [4.78, 5) is 42.5. The predicted octanol–water partition coefficient (Wildman–Crippen LogP) is 4.90.